The predicted molar refractivity (Wildman–Crippen MR) is 78.3 cm³/mol. The van der Waals surface area contributed by atoms with Crippen LogP contribution >= 0.6 is 0 Å². The van der Waals surface area contributed by atoms with Crippen LogP contribution in [0.5, 0.6) is 0 Å². The van der Waals surface area contributed by atoms with E-state index in [1.165, 1.54) is 5.69 Å². The van der Waals surface area contributed by atoms with Crippen LogP contribution in [0, 0.1) is 11.3 Å². The first-order valence-corrected chi connectivity index (χ1v) is 6.82. The number of anilines is 2. The van der Waals surface area contributed by atoms with Crippen molar-refractivity contribution in [3.05, 3.63) is 42.1 Å². The van der Waals surface area contributed by atoms with Crippen LogP contribution in [0.3, 0.4) is 0 Å². The summed E-state index contributed by atoms with van der Waals surface area (Å²) in [5.41, 5.74) is 7.55. The van der Waals surface area contributed by atoms with Crippen molar-refractivity contribution in [2.24, 2.45) is 0 Å². The van der Waals surface area contributed by atoms with Gasteiger partial charge in [-0.1, -0.05) is 0 Å². The number of nitrogen functional groups attached to an aromatic ring is 1. The van der Waals surface area contributed by atoms with Crippen LogP contribution in [-0.4, -0.2) is 22.9 Å². The smallest absolute Gasteiger partial charge is 0.145 e. The van der Waals surface area contributed by atoms with E-state index in [1.54, 1.807) is 0 Å². The van der Waals surface area contributed by atoms with Gasteiger partial charge in [0, 0.05) is 25.0 Å². The Hall–Kier alpha value is -2.48. The second kappa shape index (κ2) is 5.25. The van der Waals surface area contributed by atoms with Crippen molar-refractivity contribution in [1.82, 2.24) is 9.78 Å². The van der Waals surface area contributed by atoms with Gasteiger partial charge in [0.05, 0.1) is 17.7 Å². The number of hydrogen-bond acceptors (Lipinski definition) is 4. The van der Waals surface area contributed by atoms with Gasteiger partial charge in [0.25, 0.3) is 0 Å². The molecule has 0 saturated carbocycles. The van der Waals surface area contributed by atoms with Gasteiger partial charge in [0.1, 0.15) is 5.82 Å². The van der Waals surface area contributed by atoms with Crippen molar-refractivity contribution in [3.63, 3.8) is 0 Å². The maximum Gasteiger partial charge on any atom is 0.145 e. The van der Waals surface area contributed by atoms with Crippen LogP contribution in [0.2, 0.25) is 0 Å². The molecule has 0 unspecified atom stereocenters. The van der Waals surface area contributed by atoms with Gasteiger partial charge < -0.3 is 10.6 Å². The molecular formula is C15H17N5. The number of nitrogens with two attached hydrogens (primary N) is 1. The van der Waals surface area contributed by atoms with E-state index in [-0.39, 0.29) is 0 Å². The van der Waals surface area contributed by atoms with Gasteiger partial charge in [0.2, 0.25) is 0 Å². The molecule has 0 atom stereocenters. The van der Waals surface area contributed by atoms with Crippen molar-refractivity contribution >= 4 is 11.5 Å². The molecule has 1 saturated heterocycles. The summed E-state index contributed by atoms with van der Waals surface area (Å²) >= 11 is 0. The molecule has 1 aromatic carbocycles. The molecule has 1 aliphatic rings. The molecule has 2 N–H and O–H groups in total. The van der Waals surface area contributed by atoms with Crippen LogP contribution in [0.1, 0.15) is 24.4 Å². The third-order valence-corrected chi connectivity index (χ3v) is 3.83. The van der Waals surface area contributed by atoms with Crippen molar-refractivity contribution < 1.29 is 0 Å². The molecule has 5 heteroatoms. The molecule has 3 rings (SSSR count). The molecule has 2 heterocycles. The maximum atomic E-state index is 8.82. The first-order valence-electron chi connectivity index (χ1n) is 6.82. The van der Waals surface area contributed by atoms with Crippen LogP contribution in [0.15, 0.2) is 36.5 Å². The molecule has 2 aromatic rings. The number of hydrogen-bond donors (Lipinski definition) is 1. The van der Waals surface area contributed by atoms with Gasteiger partial charge in [-0.2, -0.15) is 10.4 Å². The highest BCUT2D eigenvalue weighted by Crippen LogP contribution is 2.26. The van der Waals surface area contributed by atoms with E-state index in [9.17, 15) is 0 Å². The first-order chi connectivity index (χ1) is 9.76. The highest BCUT2D eigenvalue weighted by atomic mass is 15.3. The molecule has 0 aliphatic carbocycles. The fraction of sp³-hybridized carbons (Fsp3) is 0.333. The molecule has 102 valence electrons. The average Bonchev–Trinajstić information content (AvgIpc) is 2.94. The molecule has 0 amide bonds. The largest absolute Gasteiger partial charge is 0.382 e. The Balaban J connectivity index is 1.64. The van der Waals surface area contributed by atoms with Crippen molar-refractivity contribution in [1.29, 1.82) is 5.26 Å². The van der Waals surface area contributed by atoms with E-state index in [0.717, 1.165) is 25.9 Å². The molecule has 1 aromatic heterocycles. The van der Waals surface area contributed by atoms with E-state index in [2.05, 4.69) is 16.1 Å². The third-order valence-electron chi connectivity index (χ3n) is 3.83. The monoisotopic (exact) mass is 267 g/mol. The van der Waals surface area contributed by atoms with E-state index in [0.29, 0.717) is 17.4 Å². The first kappa shape index (κ1) is 12.5. The highest BCUT2D eigenvalue weighted by molar-refractivity contribution is 5.50. The van der Waals surface area contributed by atoms with Crippen LogP contribution in [-0.2, 0) is 0 Å². The summed E-state index contributed by atoms with van der Waals surface area (Å²) in [6.07, 6.45) is 4.07. The quantitative estimate of drug-likeness (QED) is 0.905. The molecule has 1 fully saturated rings. The van der Waals surface area contributed by atoms with E-state index in [4.69, 9.17) is 11.0 Å². The zero-order chi connectivity index (χ0) is 13.9. The Kier molecular flexibility index (Phi) is 3.30. The zero-order valence-corrected chi connectivity index (χ0v) is 11.2. The Morgan fingerprint density at radius 2 is 1.85 bits per heavy atom. The molecular weight excluding hydrogens is 250 g/mol. The summed E-state index contributed by atoms with van der Waals surface area (Å²) in [4.78, 5) is 2.35. The molecule has 20 heavy (non-hydrogen) atoms. The van der Waals surface area contributed by atoms with Gasteiger partial charge >= 0.3 is 0 Å². The highest BCUT2D eigenvalue weighted by Gasteiger charge is 2.21. The molecule has 1 aliphatic heterocycles. The number of aromatic nitrogens is 2. The lowest BCUT2D eigenvalue weighted by Gasteiger charge is -2.33. The predicted octanol–water partition coefficient (Wildman–Crippen LogP) is 2.18. The summed E-state index contributed by atoms with van der Waals surface area (Å²) < 4.78 is 1.98. The summed E-state index contributed by atoms with van der Waals surface area (Å²) in [5.74, 6) is 0.583. The maximum absolute atomic E-state index is 8.82. The molecule has 0 spiro atoms. The van der Waals surface area contributed by atoms with E-state index < -0.39 is 0 Å². The SMILES string of the molecule is N#Cc1ccc(N2CCC(n3ccc(N)n3)CC2)cc1. The van der Waals surface area contributed by atoms with Gasteiger partial charge in [-0.3, -0.25) is 4.68 Å². The minimum atomic E-state index is 0.432. The average molecular weight is 267 g/mol. The normalized spacial score (nSPS) is 16.1. The Bertz CT molecular complexity index is 614. The molecule has 5 nitrogen and oxygen atoms in total. The number of rotatable bonds is 2. The Morgan fingerprint density at radius 1 is 1.15 bits per heavy atom. The van der Waals surface area contributed by atoms with Crippen LogP contribution < -0.4 is 10.6 Å². The molecule has 0 radical (unpaired) electrons. The van der Waals surface area contributed by atoms with E-state index >= 15 is 0 Å². The second-order valence-corrected chi connectivity index (χ2v) is 5.10. The standard InChI is InChI=1S/C15H17N5/c16-11-12-1-3-13(4-2-12)19-8-5-14(6-9-19)20-10-7-15(17)18-20/h1-4,7,10,14H,5-6,8-9H2,(H2,17,18). The van der Waals surface area contributed by atoms with E-state index in [1.807, 2.05) is 41.2 Å². The van der Waals surface area contributed by atoms with Crippen LogP contribution in [0.25, 0.3) is 0 Å². The Labute approximate surface area is 118 Å². The lowest BCUT2D eigenvalue weighted by Crippen LogP contribution is -2.34. The van der Waals surface area contributed by atoms with Gasteiger partial charge in [0.15, 0.2) is 0 Å². The van der Waals surface area contributed by atoms with Crippen molar-refractivity contribution in [2.45, 2.75) is 18.9 Å². The summed E-state index contributed by atoms with van der Waals surface area (Å²) in [6.45, 7) is 1.99. The van der Waals surface area contributed by atoms with Crippen molar-refractivity contribution in [2.75, 3.05) is 23.7 Å². The number of benzene rings is 1. The third kappa shape index (κ3) is 2.45. The zero-order valence-electron chi connectivity index (χ0n) is 11.2. The number of nitrogens with zero attached hydrogens (tertiary/aromatic N) is 4. The lowest BCUT2D eigenvalue weighted by molar-refractivity contribution is 0.368. The minimum absolute atomic E-state index is 0.432. The minimum Gasteiger partial charge on any atom is -0.382 e. The topological polar surface area (TPSA) is 70.9 Å². The van der Waals surface area contributed by atoms with Gasteiger partial charge in [-0.25, -0.2) is 0 Å². The summed E-state index contributed by atoms with van der Waals surface area (Å²) in [6, 6.07) is 12.2. The fourth-order valence-electron chi connectivity index (χ4n) is 2.69. The van der Waals surface area contributed by atoms with Crippen molar-refractivity contribution in [3.8, 4) is 6.07 Å². The van der Waals surface area contributed by atoms with Gasteiger partial charge in [-0.05, 0) is 43.2 Å². The number of nitriles is 1. The number of piperidine rings is 1. The Morgan fingerprint density at radius 3 is 2.40 bits per heavy atom. The summed E-state index contributed by atoms with van der Waals surface area (Å²) in [7, 11) is 0. The van der Waals surface area contributed by atoms with Gasteiger partial charge in [-0.15, -0.1) is 0 Å². The second-order valence-electron chi connectivity index (χ2n) is 5.10. The summed E-state index contributed by atoms with van der Waals surface area (Å²) in [5, 5.41) is 13.1. The fourth-order valence-corrected chi connectivity index (χ4v) is 2.69. The molecule has 0 bridgehead atoms. The van der Waals surface area contributed by atoms with Crippen LogP contribution in [0.4, 0.5) is 11.5 Å². The lowest BCUT2D eigenvalue weighted by atomic mass is 10.0.